The highest BCUT2D eigenvalue weighted by Crippen LogP contribution is 2.18. The maximum Gasteiger partial charge on any atom is 0.241 e. The standard InChI is InChI=1S/C27H32N2O3S/c1-3-4-8-22-11-16-25(17-12-22)28-27(30)20-15-23-13-18-26(19-14-23)33(31,32)29-21(2)24-9-6-5-7-10-24/h5-7,9-14,16-19,21,29H,3-4,8,15,20H2,1-2H3,(H,28,30)/t21-/m1/s1. The Balaban J connectivity index is 1.51. The van der Waals surface area contributed by atoms with Crippen molar-refractivity contribution in [3.8, 4) is 0 Å². The van der Waals surface area contributed by atoms with Crippen LogP contribution in [0.2, 0.25) is 0 Å². The Labute approximate surface area is 197 Å². The zero-order chi connectivity index (χ0) is 23.7. The zero-order valence-corrected chi connectivity index (χ0v) is 20.1. The van der Waals surface area contributed by atoms with Crippen molar-refractivity contribution in [3.63, 3.8) is 0 Å². The van der Waals surface area contributed by atoms with E-state index in [2.05, 4.69) is 29.1 Å². The van der Waals surface area contributed by atoms with E-state index >= 15 is 0 Å². The van der Waals surface area contributed by atoms with E-state index in [1.54, 1.807) is 24.3 Å². The van der Waals surface area contributed by atoms with E-state index < -0.39 is 10.0 Å². The van der Waals surface area contributed by atoms with E-state index in [1.165, 1.54) is 5.56 Å². The summed E-state index contributed by atoms with van der Waals surface area (Å²) in [7, 11) is -3.64. The number of carbonyl (C=O) groups excluding carboxylic acids is 1. The average molecular weight is 465 g/mol. The lowest BCUT2D eigenvalue weighted by atomic mass is 10.1. The van der Waals surface area contributed by atoms with Crippen molar-refractivity contribution >= 4 is 21.6 Å². The van der Waals surface area contributed by atoms with Crippen LogP contribution in [0.3, 0.4) is 0 Å². The van der Waals surface area contributed by atoms with Crippen molar-refractivity contribution in [1.29, 1.82) is 0 Å². The normalized spacial score (nSPS) is 12.3. The van der Waals surface area contributed by atoms with Gasteiger partial charge < -0.3 is 5.32 Å². The topological polar surface area (TPSA) is 75.3 Å². The van der Waals surface area contributed by atoms with Crippen LogP contribution in [0, 0.1) is 0 Å². The Morgan fingerprint density at radius 3 is 2.09 bits per heavy atom. The highest BCUT2D eigenvalue weighted by atomic mass is 32.2. The van der Waals surface area contributed by atoms with Gasteiger partial charge in [-0.05, 0) is 67.1 Å². The van der Waals surface area contributed by atoms with E-state index in [1.807, 2.05) is 49.4 Å². The highest BCUT2D eigenvalue weighted by Gasteiger charge is 2.18. The van der Waals surface area contributed by atoms with E-state index in [-0.39, 0.29) is 16.8 Å². The predicted molar refractivity (Wildman–Crippen MR) is 134 cm³/mol. The molecule has 5 nitrogen and oxygen atoms in total. The third-order valence-electron chi connectivity index (χ3n) is 5.56. The number of sulfonamides is 1. The van der Waals surface area contributed by atoms with Gasteiger partial charge in [0.25, 0.3) is 0 Å². The monoisotopic (exact) mass is 464 g/mol. The SMILES string of the molecule is CCCCc1ccc(NC(=O)CCc2ccc(S(=O)(=O)N[C@H](C)c3ccccc3)cc2)cc1. The number of benzene rings is 3. The summed E-state index contributed by atoms with van der Waals surface area (Å²) in [5.74, 6) is -0.0636. The number of aryl methyl sites for hydroxylation is 2. The molecule has 0 saturated heterocycles. The number of rotatable bonds is 11. The van der Waals surface area contributed by atoms with Gasteiger partial charge in [0.2, 0.25) is 15.9 Å². The molecule has 3 aromatic rings. The lowest BCUT2D eigenvalue weighted by molar-refractivity contribution is -0.116. The molecule has 0 saturated carbocycles. The molecule has 0 unspecified atom stereocenters. The molecule has 33 heavy (non-hydrogen) atoms. The fourth-order valence-electron chi connectivity index (χ4n) is 3.56. The molecule has 0 aliphatic heterocycles. The highest BCUT2D eigenvalue weighted by molar-refractivity contribution is 7.89. The van der Waals surface area contributed by atoms with Gasteiger partial charge in [-0.3, -0.25) is 4.79 Å². The van der Waals surface area contributed by atoms with Gasteiger partial charge >= 0.3 is 0 Å². The first-order valence-electron chi connectivity index (χ1n) is 11.4. The molecule has 0 aromatic heterocycles. The van der Waals surface area contributed by atoms with E-state index in [0.717, 1.165) is 36.1 Å². The minimum Gasteiger partial charge on any atom is -0.326 e. The minimum absolute atomic E-state index is 0.0636. The fourth-order valence-corrected chi connectivity index (χ4v) is 4.79. The van der Waals surface area contributed by atoms with Crippen LogP contribution in [-0.4, -0.2) is 14.3 Å². The van der Waals surface area contributed by atoms with Gasteiger partial charge in [0, 0.05) is 18.2 Å². The van der Waals surface area contributed by atoms with Crippen molar-refractivity contribution in [3.05, 3.63) is 95.6 Å². The van der Waals surface area contributed by atoms with Crippen molar-refractivity contribution in [2.24, 2.45) is 0 Å². The van der Waals surface area contributed by atoms with Gasteiger partial charge in [-0.25, -0.2) is 13.1 Å². The summed E-state index contributed by atoms with van der Waals surface area (Å²) in [6.07, 6.45) is 4.24. The summed E-state index contributed by atoms with van der Waals surface area (Å²) >= 11 is 0. The summed E-state index contributed by atoms with van der Waals surface area (Å²) in [6.45, 7) is 3.99. The molecule has 1 amide bonds. The quantitative estimate of drug-likeness (QED) is 0.386. The molecule has 174 valence electrons. The zero-order valence-electron chi connectivity index (χ0n) is 19.3. The van der Waals surface area contributed by atoms with Crippen molar-refractivity contribution in [1.82, 2.24) is 4.72 Å². The average Bonchev–Trinajstić information content (AvgIpc) is 2.83. The van der Waals surface area contributed by atoms with Gasteiger partial charge in [0.15, 0.2) is 0 Å². The maximum absolute atomic E-state index is 12.7. The van der Waals surface area contributed by atoms with Crippen LogP contribution in [0.4, 0.5) is 5.69 Å². The summed E-state index contributed by atoms with van der Waals surface area (Å²) in [6, 6.07) is 23.8. The van der Waals surface area contributed by atoms with Gasteiger partial charge in [-0.15, -0.1) is 0 Å². The second-order valence-corrected chi connectivity index (χ2v) is 9.96. The van der Waals surface area contributed by atoms with Gasteiger partial charge in [0.05, 0.1) is 4.90 Å². The van der Waals surface area contributed by atoms with Gasteiger partial charge in [-0.2, -0.15) is 0 Å². The third kappa shape index (κ3) is 7.55. The lowest BCUT2D eigenvalue weighted by Crippen LogP contribution is -2.26. The summed E-state index contributed by atoms with van der Waals surface area (Å²) in [5, 5.41) is 2.92. The first-order chi connectivity index (χ1) is 15.9. The number of unbranched alkanes of at least 4 members (excludes halogenated alkanes) is 1. The molecule has 0 bridgehead atoms. The lowest BCUT2D eigenvalue weighted by Gasteiger charge is -2.15. The van der Waals surface area contributed by atoms with Gasteiger partial charge in [-0.1, -0.05) is 67.9 Å². The molecule has 1 atom stereocenters. The molecular formula is C27H32N2O3S. The Hall–Kier alpha value is -2.96. The molecule has 6 heteroatoms. The number of hydrogen-bond acceptors (Lipinski definition) is 3. The van der Waals surface area contributed by atoms with E-state index in [9.17, 15) is 13.2 Å². The third-order valence-corrected chi connectivity index (χ3v) is 7.12. The number of carbonyl (C=O) groups is 1. The smallest absolute Gasteiger partial charge is 0.241 e. The van der Waals surface area contributed by atoms with E-state index in [4.69, 9.17) is 0 Å². The van der Waals surface area contributed by atoms with Crippen LogP contribution in [0.15, 0.2) is 83.8 Å². The molecule has 0 aliphatic rings. The van der Waals surface area contributed by atoms with Gasteiger partial charge in [0.1, 0.15) is 0 Å². The molecule has 3 rings (SSSR count). The Bertz CT molecular complexity index is 1130. The van der Waals surface area contributed by atoms with Crippen LogP contribution >= 0.6 is 0 Å². The molecule has 0 radical (unpaired) electrons. The largest absolute Gasteiger partial charge is 0.326 e. The number of nitrogens with one attached hydrogen (secondary N) is 2. The maximum atomic E-state index is 12.7. The molecule has 0 aliphatic carbocycles. The predicted octanol–water partition coefficient (Wildman–Crippen LogP) is 5.64. The molecule has 0 fully saturated rings. The fraction of sp³-hybridized carbons (Fsp3) is 0.296. The molecule has 3 aromatic carbocycles. The second-order valence-electron chi connectivity index (χ2n) is 8.25. The first-order valence-corrected chi connectivity index (χ1v) is 12.9. The Morgan fingerprint density at radius 2 is 1.45 bits per heavy atom. The molecular weight excluding hydrogens is 432 g/mol. The summed E-state index contributed by atoms with van der Waals surface area (Å²) < 4.78 is 28.1. The van der Waals surface area contributed by atoms with E-state index in [0.29, 0.717) is 12.8 Å². The van der Waals surface area contributed by atoms with Crippen LogP contribution in [-0.2, 0) is 27.7 Å². The van der Waals surface area contributed by atoms with Crippen molar-refractivity contribution in [2.45, 2.75) is 56.9 Å². The van der Waals surface area contributed by atoms with Crippen molar-refractivity contribution in [2.75, 3.05) is 5.32 Å². The van der Waals surface area contributed by atoms with Crippen LogP contribution in [0.5, 0.6) is 0 Å². The van der Waals surface area contributed by atoms with Crippen molar-refractivity contribution < 1.29 is 13.2 Å². The molecule has 2 N–H and O–H groups in total. The Kier molecular flexibility index (Phi) is 8.80. The number of hydrogen-bond donors (Lipinski definition) is 2. The minimum atomic E-state index is -3.64. The second kappa shape index (κ2) is 11.8. The molecule has 0 heterocycles. The summed E-state index contributed by atoms with van der Waals surface area (Å²) in [4.78, 5) is 12.5. The summed E-state index contributed by atoms with van der Waals surface area (Å²) in [5.41, 5.74) is 3.88. The number of anilines is 1. The van der Waals surface area contributed by atoms with Crippen LogP contribution in [0.25, 0.3) is 0 Å². The van der Waals surface area contributed by atoms with Crippen LogP contribution in [0.1, 0.15) is 55.8 Å². The first kappa shape index (κ1) is 24.7. The number of amides is 1. The van der Waals surface area contributed by atoms with Crippen LogP contribution < -0.4 is 10.0 Å². The molecule has 0 spiro atoms. The Morgan fingerprint density at radius 1 is 0.848 bits per heavy atom.